The van der Waals surface area contributed by atoms with Crippen LogP contribution in [0.25, 0.3) is 0 Å². The van der Waals surface area contributed by atoms with E-state index >= 15 is 0 Å². The van der Waals surface area contributed by atoms with E-state index < -0.39 is 4.92 Å². The summed E-state index contributed by atoms with van der Waals surface area (Å²) in [5.74, 6) is -0.241. The zero-order valence-corrected chi connectivity index (χ0v) is 11.3. The monoisotopic (exact) mass is 323 g/mol. The summed E-state index contributed by atoms with van der Waals surface area (Å²) in [7, 11) is 0. The zero-order valence-electron chi connectivity index (χ0n) is 9.71. The zero-order chi connectivity index (χ0) is 13.8. The number of pyridine rings is 1. The summed E-state index contributed by atoms with van der Waals surface area (Å²) in [4.78, 5) is 14.1. The Labute approximate surface area is 117 Å². The Morgan fingerprint density at radius 3 is 2.63 bits per heavy atom. The molecule has 0 radical (unpaired) electrons. The Hall–Kier alpha value is -1.99. The minimum Gasteiger partial charge on any atom is -0.392 e. The first kappa shape index (κ1) is 13.4. The van der Waals surface area contributed by atoms with Crippen LogP contribution in [0.15, 0.2) is 41.0 Å². The molecule has 0 saturated carbocycles. The lowest BCUT2D eigenvalue weighted by Crippen LogP contribution is -1.99. The molecule has 1 heterocycles. The van der Waals surface area contributed by atoms with Gasteiger partial charge < -0.3 is 20.5 Å². The summed E-state index contributed by atoms with van der Waals surface area (Å²) in [6, 6.07) is 8.52. The molecule has 2 N–H and O–H groups in total. The van der Waals surface area contributed by atoms with Crippen LogP contribution in [0.4, 0.5) is 17.2 Å². The van der Waals surface area contributed by atoms with E-state index in [4.69, 9.17) is 5.11 Å². The number of hydrogen-bond donors (Lipinski definition) is 2. The number of nitro groups is 1. The summed E-state index contributed by atoms with van der Waals surface area (Å²) in [6.45, 7) is -0.0428. The molecule has 6 nitrogen and oxygen atoms in total. The number of halogens is 1. The highest BCUT2D eigenvalue weighted by molar-refractivity contribution is 9.10. The van der Waals surface area contributed by atoms with Gasteiger partial charge in [0, 0.05) is 5.69 Å². The maximum Gasteiger partial charge on any atom is 0.387 e. The van der Waals surface area contributed by atoms with Gasteiger partial charge in [0.2, 0.25) is 0 Å². The van der Waals surface area contributed by atoms with E-state index in [1.165, 1.54) is 6.20 Å². The Balaban J connectivity index is 2.31. The van der Waals surface area contributed by atoms with Crippen molar-refractivity contribution in [2.75, 3.05) is 5.32 Å². The lowest BCUT2D eigenvalue weighted by atomic mass is 10.2. The van der Waals surface area contributed by atoms with E-state index in [9.17, 15) is 10.1 Å². The van der Waals surface area contributed by atoms with Crippen LogP contribution in [-0.4, -0.2) is 15.0 Å². The third kappa shape index (κ3) is 3.27. The number of benzene rings is 1. The molecule has 0 aliphatic rings. The van der Waals surface area contributed by atoms with Crippen molar-refractivity contribution in [1.29, 1.82) is 0 Å². The molecule has 0 aliphatic heterocycles. The predicted molar refractivity (Wildman–Crippen MR) is 74.2 cm³/mol. The van der Waals surface area contributed by atoms with Crippen LogP contribution in [0.3, 0.4) is 0 Å². The number of aliphatic hydroxyl groups is 1. The summed E-state index contributed by atoms with van der Waals surface area (Å²) >= 11 is 3.22. The maximum atomic E-state index is 10.9. The van der Waals surface area contributed by atoms with E-state index in [1.807, 2.05) is 0 Å². The summed E-state index contributed by atoms with van der Waals surface area (Å²) < 4.78 is 0.646. The van der Waals surface area contributed by atoms with Crippen LogP contribution in [0.2, 0.25) is 0 Å². The summed E-state index contributed by atoms with van der Waals surface area (Å²) in [5.41, 5.74) is 1.75. The lowest BCUT2D eigenvalue weighted by Gasteiger charge is -2.07. The van der Waals surface area contributed by atoms with Crippen LogP contribution in [0.5, 0.6) is 0 Å². The highest BCUT2D eigenvalue weighted by Gasteiger charge is 2.15. The SMILES string of the molecule is O=[N+]([O-])c1ncc(Br)cc1Nc1ccc(CO)cc1. The highest BCUT2D eigenvalue weighted by atomic mass is 79.9. The normalized spacial score (nSPS) is 10.2. The molecule has 0 saturated heterocycles. The smallest absolute Gasteiger partial charge is 0.387 e. The first-order valence-electron chi connectivity index (χ1n) is 5.37. The third-order valence-corrected chi connectivity index (χ3v) is 2.86. The van der Waals surface area contributed by atoms with E-state index in [-0.39, 0.29) is 12.4 Å². The molecule has 0 fully saturated rings. The molecule has 0 atom stereocenters. The molecular formula is C12H10BrN3O3. The minimum absolute atomic E-state index is 0.0428. The molecule has 98 valence electrons. The number of anilines is 2. The second kappa shape index (κ2) is 5.77. The van der Waals surface area contributed by atoms with Gasteiger partial charge in [-0.25, -0.2) is 0 Å². The van der Waals surface area contributed by atoms with Crippen molar-refractivity contribution in [1.82, 2.24) is 4.98 Å². The van der Waals surface area contributed by atoms with Gasteiger partial charge in [-0.1, -0.05) is 12.1 Å². The van der Waals surface area contributed by atoms with Crippen LogP contribution in [0.1, 0.15) is 5.56 Å². The Morgan fingerprint density at radius 1 is 1.37 bits per heavy atom. The van der Waals surface area contributed by atoms with Gasteiger partial charge in [0.25, 0.3) is 0 Å². The molecule has 1 aromatic heterocycles. The fourth-order valence-electron chi connectivity index (χ4n) is 1.52. The number of nitrogens with one attached hydrogen (secondary N) is 1. The molecule has 0 amide bonds. The van der Waals surface area contributed by atoms with Crippen molar-refractivity contribution in [3.8, 4) is 0 Å². The molecule has 0 spiro atoms. The predicted octanol–water partition coefficient (Wildman–Crippen LogP) is 2.99. The number of aliphatic hydroxyl groups excluding tert-OH is 1. The minimum atomic E-state index is -0.545. The molecule has 0 unspecified atom stereocenters. The maximum absolute atomic E-state index is 10.9. The molecule has 2 rings (SSSR count). The van der Waals surface area contributed by atoms with Crippen LogP contribution in [0, 0.1) is 10.1 Å². The van der Waals surface area contributed by atoms with E-state index in [0.717, 1.165) is 5.56 Å². The average Bonchev–Trinajstić information content (AvgIpc) is 2.39. The van der Waals surface area contributed by atoms with Gasteiger partial charge in [-0.05, 0) is 49.6 Å². The largest absolute Gasteiger partial charge is 0.392 e. The fraction of sp³-hybridized carbons (Fsp3) is 0.0833. The van der Waals surface area contributed by atoms with Gasteiger partial charge >= 0.3 is 5.82 Å². The fourth-order valence-corrected chi connectivity index (χ4v) is 1.85. The quantitative estimate of drug-likeness (QED) is 0.667. The average molecular weight is 324 g/mol. The number of hydrogen-bond acceptors (Lipinski definition) is 5. The Bertz CT molecular complexity index is 602. The van der Waals surface area contributed by atoms with Crippen molar-refractivity contribution in [2.45, 2.75) is 6.61 Å². The van der Waals surface area contributed by atoms with Gasteiger partial charge in [-0.2, -0.15) is 0 Å². The van der Waals surface area contributed by atoms with Gasteiger partial charge in [0.1, 0.15) is 5.69 Å². The van der Waals surface area contributed by atoms with Crippen LogP contribution >= 0.6 is 15.9 Å². The van der Waals surface area contributed by atoms with Crippen molar-refractivity contribution in [2.24, 2.45) is 0 Å². The van der Waals surface area contributed by atoms with Crippen molar-refractivity contribution >= 4 is 33.1 Å². The van der Waals surface area contributed by atoms with E-state index in [0.29, 0.717) is 15.8 Å². The lowest BCUT2D eigenvalue weighted by molar-refractivity contribution is -0.388. The third-order valence-electron chi connectivity index (χ3n) is 2.42. The summed E-state index contributed by atoms with van der Waals surface area (Å²) in [6.07, 6.45) is 1.37. The first-order valence-corrected chi connectivity index (χ1v) is 6.16. The molecule has 7 heteroatoms. The van der Waals surface area contributed by atoms with Crippen LogP contribution in [-0.2, 0) is 6.61 Å². The topological polar surface area (TPSA) is 88.3 Å². The highest BCUT2D eigenvalue weighted by Crippen LogP contribution is 2.28. The first-order chi connectivity index (χ1) is 9.10. The number of nitrogens with zero attached hydrogens (tertiary/aromatic N) is 2. The second-order valence-electron chi connectivity index (χ2n) is 3.76. The summed E-state index contributed by atoms with van der Waals surface area (Å²) in [5, 5.41) is 22.8. The second-order valence-corrected chi connectivity index (χ2v) is 4.68. The molecule has 2 aromatic rings. The van der Waals surface area contributed by atoms with Gasteiger partial charge in [-0.3, -0.25) is 0 Å². The van der Waals surface area contributed by atoms with Crippen LogP contribution < -0.4 is 5.32 Å². The van der Waals surface area contributed by atoms with E-state index in [2.05, 4.69) is 26.2 Å². The Kier molecular flexibility index (Phi) is 4.08. The van der Waals surface area contributed by atoms with Crippen molar-refractivity contribution in [3.05, 3.63) is 56.7 Å². The number of aromatic nitrogens is 1. The molecule has 1 aromatic carbocycles. The van der Waals surface area contributed by atoms with Gasteiger partial charge in [0.15, 0.2) is 6.20 Å². The number of rotatable bonds is 4. The molecular weight excluding hydrogens is 314 g/mol. The van der Waals surface area contributed by atoms with Crippen molar-refractivity contribution in [3.63, 3.8) is 0 Å². The van der Waals surface area contributed by atoms with Gasteiger partial charge in [0.05, 0.1) is 11.1 Å². The molecule has 0 bridgehead atoms. The van der Waals surface area contributed by atoms with E-state index in [1.54, 1.807) is 30.3 Å². The molecule has 0 aliphatic carbocycles. The molecule has 19 heavy (non-hydrogen) atoms. The van der Waals surface area contributed by atoms with Crippen molar-refractivity contribution < 1.29 is 10.0 Å². The van der Waals surface area contributed by atoms with Gasteiger partial charge in [-0.15, -0.1) is 0 Å². The Morgan fingerprint density at radius 2 is 2.05 bits per heavy atom. The standard InChI is InChI=1S/C12H10BrN3O3/c13-9-5-11(12(14-6-9)16(18)19)15-10-3-1-8(7-17)2-4-10/h1-6,15,17H,7H2.